The normalized spacial score (nSPS) is 10.4. The number of aromatic nitrogens is 3. The maximum Gasteiger partial charge on any atom is 0.330 e. The van der Waals surface area contributed by atoms with Gasteiger partial charge in [-0.2, -0.15) is 9.97 Å². The van der Waals surface area contributed by atoms with Crippen LogP contribution in [0.5, 0.6) is 17.8 Å². The molecule has 0 aliphatic carbocycles. The van der Waals surface area contributed by atoms with Gasteiger partial charge in [0.1, 0.15) is 11.5 Å². The van der Waals surface area contributed by atoms with E-state index in [0.717, 1.165) is 11.3 Å². The van der Waals surface area contributed by atoms with Gasteiger partial charge in [-0.05, 0) is 43.7 Å². The Hall–Kier alpha value is -3.09. The number of rotatable bonds is 7. The number of anilines is 1. The van der Waals surface area contributed by atoms with Gasteiger partial charge in [0.15, 0.2) is 0 Å². The van der Waals surface area contributed by atoms with Crippen LogP contribution in [0.3, 0.4) is 0 Å². The summed E-state index contributed by atoms with van der Waals surface area (Å²) >= 11 is 0. The lowest BCUT2D eigenvalue weighted by atomic mass is 10.2. The number of nitrogens with zero attached hydrogens (tertiary/aromatic N) is 3. The second-order valence-corrected chi connectivity index (χ2v) is 5.01. The number of benzene rings is 1. The van der Waals surface area contributed by atoms with Gasteiger partial charge < -0.3 is 19.2 Å². The van der Waals surface area contributed by atoms with E-state index in [9.17, 15) is 0 Å². The fourth-order valence-corrected chi connectivity index (χ4v) is 2.02. The molecule has 1 aromatic carbocycles. The van der Waals surface area contributed by atoms with Gasteiger partial charge in [0.2, 0.25) is 5.95 Å². The number of ether oxygens (including phenoxy) is 2. The third-order valence-electron chi connectivity index (χ3n) is 3.07. The summed E-state index contributed by atoms with van der Waals surface area (Å²) in [6, 6.07) is 11.7. The lowest BCUT2D eigenvalue weighted by Gasteiger charge is -2.09. The first-order valence-corrected chi connectivity index (χ1v) is 7.62. The lowest BCUT2D eigenvalue weighted by molar-refractivity contribution is 0.303. The molecule has 0 spiro atoms. The van der Waals surface area contributed by atoms with Gasteiger partial charge in [-0.15, -0.1) is 4.98 Å². The van der Waals surface area contributed by atoms with Crippen LogP contribution in [0.1, 0.15) is 18.2 Å². The summed E-state index contributed by atoms with van der Waals surface area (Å²) < 4.78 is 16.4. The van der Waals surface area contributed by atoms with E-state index in [0.29, 0.717) is 24.8 Å². The fourth-order valence-electron chi connectivity index (χ4n) is 2.02. The first-order chi connectivity index (χ1) is 11.7. The molecule has 7 heteroatoms. The average Bonchev–Trinajstić information content (AvgIpc) is 3.07. The van der Waals surface area contributed by atoms with E-state index < -0.39 is 0 Å². The summed E-state index contributed by atoms with van der Waals surface area (Å²) in [5.74, 6) is 1.78. The standard InChI is InChI=1S/C17H18N4O3/c1-3-22-16-19-15(18-11-14-8-5-9-23-14)20-17(21-16)24-13-7-4-6-12(2)10-13/h4-10H,3,11H2,1-2H3,(H,18,19,20,21). The molecule has 7 nitrogen and oxygen atoms in total. The van der Waals surface area contributed by atoms with Gasteiger partial charge >= 0.3 is 12.0 Å². The van der Waals surface area contributed by atoms with E-state index >= 15 is 0 Å². The van der Waals surface area contributed by atoms with Crippen molar-refractivity contribution < 1.29 is 13.9 Å². The zero-order chi connectivity index (χ0) is 16.8. The van der Waals surface area contributed by atoms with Crippen LogP contribution in [0.4, 0.5) is 5.95 Å². The van der Waals surface area contributed by atoms with Crippen LogP contribution in [0, 0.1) is 6.92 Å². The van der Waals surface area contributed by atoms with Gasteiger partial charge in [-0.1, -0.05) is 12.1 Å². The maximum atomic E-state index is 5.72. The summed E-state index contributed by atoms with van der Waals surface area (Å²) in [7, 11) is 0. The molecule has 0 amide bonds. The molecular formula is C17H18N4O3. The van der Waals surface area contributed by atoms with Gasteiger partial charge in [0.05, 0.1) is 19.4 Å². The highest BCUT2D eigenvalue weighted by atomic mass is 16.5. The quantitative estimate of drug-likeness (QED) is 0.710. The second-order valence-electron chi connectivity index (χ2n) is 5.01. The lowest BCUT2D eigenvalue weighted by Crippen LogP contribution is -2.07. The molecule has 0 atom stereocenters. The molecule has 0 radical (unpaired) electrons. The summed E-state index contributed by atoms with van der Waals surface area (Å²) in [6.45, 7) is 4.75. The number of furan rings is 1. The Morgan fingerprint density at radius 1 is 1.08 bits per heavy atom. The number of aryl methyl sites for hydroxylation is 1. The van der Waals surface area contributed by atoms with Crippen molar-refractivity contribution in [3.8, 4) is 17.8 Å². The third-order valence-corrected chi connectivity index (χ3v) is 3.07. The summed E-state index contributed by atoms with van der Waals surface area (Å²) in [6.07, 6.45) is 1.61. The highest BCUT2D eigenvalue weighted by Crippen LogP contribution is 2.21. The van der Waals surface area contributed by atoms with Crippen LogP contribution in [-0.2, 0) is 6.54 Å². The first-order valence-electron chi connectivity index (χ1n) is 7.62. The minimum atomic E-state index is 0.168. The molecule has 24 heavy (non-hydrogen) atoms. The smallest absolute Gasteiger partial charge is 0.330 e. The molecule has 0 bridgehead atoms. The Morgan fingerprint density at radius 3 is 2.71 bits per heavy atom. The van der Waals surface area contributed by atoms with Crippen LogP contribution in [0.2, 0.25) is 0 Å². The highest BCUT2D eigenvalue weighted by molar-refractivity contribution is 5.32. The van der Waals surface area contributed by atoms with E-state index in [1.54, 1.807) is 6.26 Å². The molecule has 0 aliphatic rings. The minimum absolute atomic E-state index is 0.168. The first kappa shape index (κ1) is 15.8. The summed E-state index contributed by atoms with van der Waals surface area (Å²) in [5.41, 5.74) is 1.09. The van der Waals surface area contributed by atoms with Gasteiger partial charge in [0.25, 0.3) is 0 Å². The molecule has 0 saturated heterocycles. The van der Waals surface area contributed by atoms with Crippen molar-refractivity contribution in [2.24, 2.45) is 0 Å². The van der Waals surface area contributed by atoms with Crippen molar-refractivity contribution in [3.63, 3.8) is 0 Å². The second kappa shape index (κ2) is 7.45. The monoisotopic (exact) mass is 326 g/mol. The predicted octanol–water partition coefficient (Wildman–Crippen LogP) is 3.58. The van der Waals surface area contributed by atoms with Crippen molar-refractivity contribution in [1.29, 1.82) is 0 Å². The van der Waals surface area contributed by atoms with Crippen LogP contribution in [0.15, 0.2) is 47.1 Å². The zero-order valence-corrected chi connectivity index (χ0v) is 13.5. The third kappa shape index (κ3) is 4.22. The van der Waals surface area contributed by atoms with E-state index in [1.807, 2.05) is 50.2 Å². The average molecular weight is 326 g/mol. The Bertz CT molecular complexity index is 790. The van der Waals surface area contributed by atoms with E-state index in [-0.39, 0.29) is 12.0 Å². The van der Waals surface area contributed by atoms with Crippen molar-refractivity contribution in [3.05, 3.63) is 54.0 Å². The van der Waals surface area contributed by atoms with Crippen LogP contribution in [0.25, 0.3) is 0 Å². The van der Waals surface area contributed by atoms with Crippen molar-refractivity contribution in [2.45, 2.75) is 20.4 Å². The highest BCUT2D eigenvalue weighted by Gasteiger charge is 2.10. The summed E-state index contributed by atoms with van der Waals surface area (Å²) in [5, 5.41) is 3.07. The minimum Gasteiger partial charge on any atom is -0.467 e. The topological polar surface area (TPSA) is 82.3 Å². The van der Waals surface area contributed by atoms with Crippen LogP contribution < -0.4 is 14.8 Å². The molecule has 3 rings (SSSR count). The molecule has 2 aromatic heterocycles. The molecule has 1 N–H and O–H groups in total. The fraction of sp³-hybridized carbons (Fsp3) is 0.235. The number of hydrogen-bond donors (Lipinski definition) is 1. The molecular weight excluding hydrogens is 308 g/mol. The Morgan fingerprint density at radius 2 is 1.96 bits per heavy atom. The van der Waals surface area contributed by atoms with Gasteiger partial charge in [0, 0.05) is 0 Å². The molecule has 3 aromatic rings. The maximum absolute atomic E-state index is 5.72. The molecule has 2 heterocycles. The van der Waals surface area contributed by atoms with E-state index in [1.165, 1.54) is 0 Å². The Balaban J connectivity index is 1.79. The number of nitrogens with one attached hydrogen (secondary N) is 1. The van der Waals surface area contributed by atoms with Gasteiger partial charge in [-0.3, -0.25) is 0 Å². The van der Waals surface area contributed by atoms with Crippen molar-refractivity contribution >= 4 is 5.95 Å². The molecule has 0 saturated carbocycles. The van der Waals surface area contributed by atoms with Crippen molar-refractivity contribution in [1.82, 2.24) is 15.0 Å². The van der Waals surface area contributed by atoms with Crippen molar-refractivity contribution in [2.75, 3.05) is 11.9 Å². The molecule has 124 valence electrons. The van der Waals surface area contributed by atoms with Crippen LogP contribution in [-0.4, -0.2) is 21.6 Å². The van der Waals surface area contributed by atoms with E-state index in [2.05, 4.69) is 20.3 Å². The predicted molar refractivity (Wildman–Crippen MR) is 88.3 cm³/mol. The number of hydrogen-bond acceptors (Lipinski definition) is 7. The van der Waals surface area contributed by atoms with Gasteiger partial charge in [-0.25, -0.2) is 0 Å². The summed E-state index contributed by atoms with van der Waals surface area (Å²) in [4.78, 5) is 12.6. The SMILES string of the molecule is CCOc1nc(NCc2ccco2)nc(Oc2cccc(C)c2)n1. The molecule has 0 fully saturated rings. The zero-order valence-electron chi connectivity index (χ0n) is 13.5. The largest absolute Gasteiger partial charge is 0.467 e. The molecule has 0 unspecified atom stereocenters. The van der Waals surface area contributed by atoms with Crippen LogP contribution >= 0.6 is 0 Å². The molecule has 0 aliphatic heterocycles. The van der Waals surface area contributed by atoms with E-state index in [4.69, 9.17) is 13.9 Å². The Labute approximate surface area is 139 Å². The Kier molecular flexibility index (Phi) is 4.90.